The molecule has 0 aliphatic rings. The highest BCUT2D eigenvalue weighted by atomic mass is 14.9. The number of aromatic nitrogens is 3. The van der Waals surface area contributed by atoms with Gasteiger partial charge in [0.25, 0.3) is 0 Å². The summed E-state index contributed by atoms with van der Waals surface area (Å²) in [5.74, 6) is 0.628. The maximum absolute atomic E-state index is 4.61. The van der Waals surface area contributed by atoms with E-state index < -0.39 is 0 Å². The second-order valence-electron chi connectivity index (χ2n) is 10.9. The first-order valence-electron chi connectivity index (χ1n) is 14.8. The average molecular weight is 562 g/mol. The van der Waals surface area contributed by atoms with E-state index in [-0.39, 0.29) is 0 Å². The van der Waals surface area contributed by atoms with Crippen molar-refractivity contribution in [2.75, 3.05) is 0 Å². The van der Waals surface area contributed by atoms with Crippen molar-refractivity contribution in [1.29, 1.82) is 0 Å². The molecule has 8 rings (SSSR count). The van der Waals surface area contributed by atoms with E-state index in [1.807, 2.05) is 18.3 Å². The van der Waals surface area contributed by atoms with Gasteiger partial charge < -0.3 is 0 Å². The van der Waals surface area contributed by atoms with E-state index in [9.17, 15) is 0 Å². The molecule has 0 spiro atoms. The zero-order chi connectivity index (χ0) is 29.3. The van der Waals surface area contributed by atoms with Crippen LogP contribution in [-0.2, 0) is 0 Å². The SMILES string of the molecule is c1ccc(-c2c3ccccc3c(-c3ccccc3)c3cc(-c4ccc(-c5ccc(-c6ncccn6)nc5)cc4)ccc23)cc1. The van der Waals surface area contributed by atoms with Crippen LogP contribution in [0.15, 0.2) is 164 Å². The fourth-order valence-corrected chi connectivity index (χ4v) is 6.17. The van der Waals surface area contributed by atoms with Crippen LogP contribution in [0, 0.1) is 0 Å². The van der Waals surface area contributed by atoms with Gasteiger partial charge in [0.1, 0.15) is 5.69 Å². The number of rotatable bonds is 5. The fraction of sp³-hybridized carbons (Fsp3) is 0. The summed E-state index contributed by atoms with van der Waals surface area (Å²) in [6.45, 7) is 0. The van der Waals surface area contributed by atoms with Crippen LogP contribution in [0.3, 0.4) is 0 Å². The molecular weight excluding hydrogens is 534 g/mol. The van der Waals surface area contributed by atoms with E-state index in [1.54, 1.807) is 12.4 Å². The first-order valence-corrected chi connectivity index (χ1v) is 14.8. The Bertz CT molecular complexity index is 2230. The third-order valence-corrected chi connectivity index (χ3v) is 8.26. The molecule has 3 nitrogen and oxygen atoms in total. The molecule has 0 saturated heterocycles. The molecule has 0 amide bonds. The van der Waals surface area contributed by atoms with E-state index in [1.165, 1.54) is 54.9 Å². The molecule has 2 aromatic heterocycles. The highest BCUT2D eigenvalue weighted by molar-refractivity contribution is 6.21. The van der Waals surface area contributed by atoms with Gasteiger partial charge in [-0.25, -0.2) is 9.97 Å². The van der Waals surface area contributed by atoms with Gasteiger partial charge in [-0.1, -0.05) is 127 Å². The minimum atomic E-state index is 0.628. The van der Waals surface area contributed by atoms with Crippen LogP contribution in [0.25, 0.3) is 77.6 Å². The number of nitrogens with zero attached hydrogens (tertiary/aromatic N) is 3. The van der Waals surface area contributed by atoms with Gasteiger partial charge in [0.05, 0.1) is 0 Å². The molecule has 8 aromatic rings. The van der Waals surface area contributed by atoms with Crippen LogP contribution in [0.4, 0.5) is 0 Å². The summed E-state index contributed by atoms with van der Waals surface area (Å²) in [6, 6.07) is 51.8. The Balaban J connectivity index is 1.26. The van der Waals surface area contributed by atoms with Gasteiger partial charge in [-0.2, -0.15) is 0 Å². The number of pyridine rings is 1. The maximum Gasteiger partial charge on any atom is 0.178 e. The Morgan fingerprint density at radius 3 is 1.41 bits per heavy atom. The van der Waals surface area contributed by atoms with Crippen LogP contribution in [0.1, 0.15) is 0 Å². The lowest BCUT2D eigenvalue weighted by Crippen LogP contribution is -1.92. The molecule has 0 radical (unpaired) electrons. The fourth-order valence-electron chi connectivity index (χ4n) is 6.17. The molecule has 44 heavy (non-hydrogen) atoms. The lowest BCUT2D eigenvalue weighted by atomic mass is 9.85. The third kappa shape index (κ3) is 4.61. The molecule has 0 bridgehead atoms. The standard InChI is InChI=1S/C41H27N3/c1-3-10-30(11-4-1)39-34-14-7-8-15-35(34)40(31-12-5-2-6-13-31)37-26-32(20-22-36(37)39)28-16-18-29(19-17-28)33-21-23-38(44-27-33)41-42-24-9-25-43-41/h1-27H. The molecule has 2 heterocycles. The minimum absolute atomic E-state index is 0.628. The molecule has 206 valence electrons. The molecule has 0 N–H and O–H groups in total. The highest BCUT2D eigenvalue weighted by Gasteiger charge is 2.17. The van der Waals surface area contributed by atoms with E-state index in [2.05, 4.69) is 148 Å². The summed E-state index contributed by atoms with van der Waals surface area (Å²) in [5, 5.41) is 5.02. The topological polar surface area (TPSA) is 38.7 Å². The van der Waals surface area contributed by atoms with Gasteiger partial charge in [-0.05, 0) is 78.7 Å². The molecule has 0 fully saturated rings. The van der Waals surface area contributed by atoms with Crippen LogP contribution < -0.4 is 0 Å². The number of benzene rings is 6. The normalized spacial score (nSPS) is 11.2. The largest absolute Gasteiger partial charge is 0.252 e. The van der Waals surface area contributed by atoms with Crippen molar-refractivity contribution in [3.63, 3.8) is 0 Å². The maximum atomic E-state index is 4.61. The smallest absolute Gasteiger partial charge is 0.178 e. The van der Waals surface area contributed by atoms with Gasteiger partial charge in [0.2, 0.25) is 0 Å². The van der Waals surface area contributed by atoms with Crippen LogP contribution in [0.2, 0.25) is 0 Å². The summed E-state index contributed by atoms with van der Waals surface area (Å²) in [5.41, 5.74) is 10.3. The molecule has 0 atom stereocenters. The quantitative estimate of drug-likeness (QED) is 0.196. The monoisotopic (exact) mass is 561 g/mol. The number of fused-ring (bicyclic) bond motifs is 2. The van der Waals surface area contributed by atoms with Crippen LogP contribution >= 0.6 is 0 Å². The van der Waals surface area contributed by atoms with Crippen molar-refractivity contribution in [3.05, 3.63) is 164 Å². The third-order valence-electron chi connectivity index (χ3n) is 8.26. The van der Waals surface area contributed by atoms with Crippen molar-refractivity contribution >= 4 is 21.5 Å². The van der Waals surface area contributed by atoms with Crippen molar-refractivity contribution in [2.45, 2.75) is 0 Å². The molecule has 0 aliphatic heterocycles. The second-order valence-corrected chi connectivity index (χ2v) is 10.9. The van der Waals surface area contributed by atoms with E-state index in [4.69, 9.17) is 0 Å². The predicted molar refractivity (Wildman–Crippen MR) is 182 cm³/mol. The van der Waals surface area contributed by atoms with Crippen molar-refractivity contribution in [3.8, 4) is 56.0 Å². The predicted octanol–water partition coefficient (Wildman–Crippen LogP) is 10.5. The summed E-state index contributed by atoms with van der Waals surface area (Å²) in [4.78, 5) is 13.2. The first kappa shape index (κ1) is 25.8. The second kappa shape index (κ2) is 11.0. The first-order chi connectivity index (χ1) is 21.8. The average Bonchev–Trinajstić information content (AvgIpc) is 3.11. The van der Waals surface area contributed by atoms with Gasteiger partial charge in [0, 0.05) is 24.2 Å². The van der Waals surface area contributed by atoms with Crippen LogP contribution in [0.5, 0.6) is 0 Å². The molecule has 0 unspecified atom stereocenters. The Morgan fingerprint density at radius 1 is 0.318 bits per heavy atom. The highest BCUT2D eigenvalue weighted by Crippen LogP contribution is 2.44. The Hall–Kier alpha value is -5.93. The number of hydrogen-bond donors (Lipinski definition) is 0. The lowest BCUT2D eigenvalue weighted by molar-refractivity contribution is 1.14. The zero-order valence-electron chi connectivity index (χ0n) is 23.9. The Morgan fingerprint density at radius 2 is 0.818 bits per heavy atom. The Labute approximate surface area is 256 Å². The summed E-state index contributed by atoms with van der Waals surface area (Å²) in [6.07, 6.45) is 5.35. The van der Waals surface area contributed by atoms with E-state index >= 15 is 0 Å². The molecular formula is C41H27N3. The number of hydrogen-bond acceptors (Lipinski definition) is 3. The van der Waals surface area contributed by atoms with Crippen molar-refractivity contribution in [1.82, 2.24) is 15.0 Å². The van der Waals surface area contributed by atoms with Gasteiger partial charge in [-0.15, -0.1) is 0 Å². The zero-order valence-corrected chi connectivity index (χ0v) is 23.9. The molecule has 3 heteroatoms. The van der Waals surface area contributed by atoms with Gasteiger partial charge >= 0.3 is 0 Å². The molecule has 0 aliphatic carbocycles. The summed E-state index contributed by atoms with van der Waals surface area (Å²) < 4.78 is 0. The summed E-state index contributed by atoms with van der Waals surface area (Å²) >= 11 is 0. The molecule has 0 saturated carbocycles. The lowest BCUT2D eigenvalue weighted by Gasteiger charge is -2.18. The van der Waals surface area contributed by atoms with Gasteiger partial charge in [-0.3, -0.25) is 4.98 Å². The van der Waals surface area contributed by atoms with Gasteiger partial charge in [0.15, 0.2) is 5.82 Å². The van der Waals surface area contributed by atoms with Crippen molar-refractivity contribution in [2.24, 2.45) is 0 Å². The van der Waals surface area contributed by atoms with E-state index in [0.29, 0.717) is 5.82 Å². The van der Waals surface area contributed by atoms with Crippen molar-refractivity contribution < 1.29 is 0 Å². The van der Waals surface area contributed by atoms with E-state index in [0.717, 1.165) is 16.8 Å². The van der Waals surface area contributed by atoms with Crippen LogP contribution in [-0.4, -0.2) is 15.0 Å². The summed E-state index contributed by atoms with van der Waals surface area (Å²) in [7, 11) is 0. The Kier molecular flexibility index (Phi) is 6.47. The minimum Gasteiger partial charge on any atom is -0.252 e. The molecule has 6 aromatic carbocycles.